The van der Waals surface area contributed by atoms with Crippen LogP contribution in [0.25, 0.3) is 10.8 Å². The van der Waals surface area contributed by atoms with E-state index in [9.17, 15) is 9.59 Å². The third-order valence-corrected chi connectivity index (χ3v) is 4.08. The molecule has 0 spiro atoms. The number of nitrogens with one attached hydrogen (secondary N) is 2. The molecule has 0 saturated carbocycles. The van der Waals surface area contributed by atoms with Crippen LogP contribution in [0.5, 0.6) is 0 Å². The summed E-state index contributed by atoms with van der Waals surface area (Å²) in [6.07, 6.45) is 0. The second-order valence-electron chi connectivity index (χ2n) is 6.08. The van der Waals surface area contributed by atoms with Crippen LogP contribution in [0.4, 0.5) is 5.69 Å². The van der Waals surface area contributed by atoms with Crippen LogP contribution in [-0.2, 0) is 9.59 Å². The van der Waals surface area contributed by atoms with Gasteiger partial charge in [0.15, 0.2) is 12.6 Å². The molecule has 5 nitrogen and oxygen atoms in total. The summed E-state index contributed by atoms with van der Waals surface area (Å²) < 4.78 is 0. The molecule has 2 atom stereocenters. The van der Waals surface area contributed by atoms with E-state index in [1.54, 1.807) is 14.1 Å². The van der Waals surface area contributed by atoms with Crippen molar-refractivity contribution >= 4 is 28.3 Å². The number of hydrogen-bond donors (Lipinski definition) is 2. The molecule has 0 bridgehead atoms. The summed E-state index contributed by atoms with van der Waals surface area (Å²) in [4.78, 5) is 26.5. The summed E-state index contributed by atoms with van der Waals surface area (Å²) in [5.74, 6) is -0.0859. The van der Waals surface area contributed by atoms with Gasteiger partial charge in [-0.3, -0.25) is 9.59 Å². The summed E-state index contributed by atoms with van der Waals surface area (Å²) in [6.45, 7) is 2.12. The Labute approximate surface area is 136 Å². The quantitative estimate of drug-likeness (QED) is 0.856. The highest BCUT2D eigenvalue weighted by Gasteiger charge is 2.24. The van der Waals surface area contributed by atoms with Crippen LogP contribution < -0.4 is 10.2 Å². The van der Waals surface area contributed by atoms with Gasteiger partial charge in [-0.05, 0) is 29.8 Å². The third-order valence-electron chi connectivity index (χ3n) is 4.08. The van der Waals surface area contributed by atoms with Crippen molar-refractivity contribution in [2.45, 2.75) is 13.0 Å². The smallest absolute Gasteiger partial charge is 0.282 e. The summed E-state index contributed by atoms with van der Waals surface area (Å²) in [5.41, 5.74) is 0.771. The highest BCUT2D eigenvalue weighted by molar-refractivity contribution is 5.96. The lowest BCUT2D eigenvalue weighted by atomic mass is 10.1. The number of carbonyl (C=O) groups excluding carboxylic acids is 2. The lowest BCUT2D eigenvalue weighted by Crippen LogP contribution is -3.15. The fourth-order valence-electron chi connectivity index (χ4n) is 2.29. The standard InChI is InChI=1S/C18H23N3O2/c1-13(21(4)12-17(22)20(2)3)18(23)19-16-10-9-14-7-5-6-8-15(14)11-16/h5-11,13H,12H2,1-4H3,(H,19,23)/p+1/t13-/m1/s1. The molecule has 0 aromatic heterocycles. The van der Waals surface area contributed by atoms with Gasteiger partial charge in [0.05, 0.1) is 7.05 Å². The Bertz CT molecular complexity index is 712. The summed E-state index contributed by atoms with van der Waals surface area (Å²) in [7, 11) is 5.29. The van der Waals surface area contributed by atoms with Crippen molar-refractivity contribution in [3.63, 3.8) is 0 Å². The molecule has 1 unspecified atom stereocenters. The zero-order valence-electron chi connectivity index (χ0n) is 14.1. The number of quaternary nitrogens is 1. The van der Waals surface area contributed by atoms with Gasteiger partial charge < -0.3 is 15.1 Å². The zero-order chi connectivity index (χ0) is 17.0. The predicted molar refractivity (Wildman–Crippen MR) is 92.5 cm³/mol. The molecule has 2 amide bonds. The van der Waals surface area contributed by atoms with E-state index in [0.717, 1.165) is 21.4 Å². The number of nitrogens with zero attached hydrogens (tertiary/aromatic N) is 1. The third kappa shape index (κ3) is 4.29. The zero-order valence-corrected chi connectivity index (χ0v) is 14.1. The molecule has 5 heteroatoms. The number of rotatable bonds is 5. The first-order chi connectivity index (χ1) is 10.9. The SMILES string of the molecule is C[C@H](C(=O)Nc1ccc2ccccc2c1)[NH+](C)CC(=O)N(C)C. The average Bonchev–Trinajstić information content (AvgIpc) is 2.53. The monoisotopic (exact) mass is 314 g/mol. The van der Waals surface area contributed by atoms with Crippen molar-refractivity contribution in [3.8, 4) is 0 Å². The van der Waals surface area contributed by atoms with Gasteiger partial charge in [-0.2, -0.15) is 0 Å². The second kappa shape index (κ2) is 7.24. The summed E-state index contributed by atoms with van der Waals surface area (Å²) in [5, 5.41) is 5.15. The first kappa shape index (κ1) is 17.0. The van der Waals surface area contributed by atoms with E-state index >= 15 is 0 Å². The Morgan fingerprint density at radius 3 is 2.43 bits per heavy atom. The van der Waals surface area contributed by atoms with Crippen molar-refractivity contribution in [2.75, 3.05) is 33.0 Å². The Morgan fingerprint density at radius 1 is 1.13 bits per heavy atom. The molecular weight excluding hydrogens is 290 g/mol. The highest BCUT2D eigenvalue weighted by atomic mass is 16.2. The van der Waals surface area contributed by atoms with Crippen LogP contribution in [0, 0.1) is 0 Å². The van der Waals surface area contributed by atoms with Crippen LogP contribution in [0.2, 0.25) is 0 Å². The Morgan fingerprint density at radius 2 is 1.78 bits per heavy atom. The fraction of sp³-hybridized carbons (Fsp3) is 0.333. The normalized spacial score (nSPS) is 13.4. The van der Waals surface area contributed by atoms with Crippen molar-refractivity contribution in [1.82, 2.24) is 4.90 Å². The first-order valence-corrected chi connectivity index (χ1v) is 7.70. The highest BCUT2D eigenvalue weighted by Crippen LogP contribution is 2.18. The van der Waals surface area contributed by atoms with Gasteiger partial charge >= 0.3 is 0 Å². The van der Waals surface area contributed by atoms with Crippen LogP contribution in [-0.4, -0.2) is 50.4 Å². The molecule has 0 saturated heterocycles. The van der Waals surface area contributed by atoms with Gasteiger partial charge in [-0.25, -0.2) is 0 Å². The molecular formula is C18H24N3O2+. The topological polar surface area (TPSA) is 53.9 Å². The van der Waals surface area contributed by atoms with Crippen molar-refractivity contribution in [2.24, 2.45) is 0 Å². The van der Waals surface area contributed by atoms with E-state index in [1.165, 1.54) is 4.90 Å². The maximum absolute atomic E-state index is 12.4. The predicted octanol–water partition coefficient (Wildman–Crippen LogP) is 0.770. The number of carbonyl (C=O) groups is 2. The molecule has 2 rings (SSSR count). The minimum absolute atomic E-state index is 0.00727. The minimum atomic E-state index is -0.314. The maximum Gasteiger partial charge on any atom is 0.282 e. The lowest BCUT2D eigenvalue weighted by molar-refractivity contribution is -0.886. The number of fused-ring (bicyclic) bond motifs is 1. The van der Waals surface area contributed by atoms with Crippen LogP contribution in [0.3, 0.4) is 0 Å². The van der Waals surface area contributed by atoms with Crippen LogP contribution in [0.1, 0.15) is 6.92 Å². The van der Waals surface area contributed by atoms with E-state index in [4.69, 9.17) is 0 Å². The largest absolute Gasteiger partial charge is 0.344 e. The number of anilines is 1. The molecule has 0 radical (unpaired) electrons. The molecule has 0 fully saturated rings. The van der Waals surface area contributed by atoms with E-state index in [2.05, 4.69) is 5.32 Å². The van der Waals surface area contributed by atoms with Gasteiger partial charge in [-0.1, -0.05) is 30.3 Å². The van der Waals surface area contributed by atoms with E-state index in [1.807, 2.05) is 56.4 Å². The Kier molecular flexibility index (Phi) is 5.34. The molecule has 0 aliphatic rings. The van der Waals surface area contributed by atoms with E-state index in [-0.39, 0.29) is 17.9 Å². The van der Waals surface area contributed by atoms with Gasteiger partial charge in [0.25, 0.3) is 11.8 Å². The number of amides is 2. The molecule has 0 heterocycles. The van der Waals surface area contributed by atoms with Crippen molar-refractivity contribution < 1.29 is 14.5 Å². The number of likely N-dealkylation sites (N-methyl/N-ethyl adjacent to an activating group) is 2. The van der Waals surface area contributed by atoms with E-state index < -0.39 is 0 Å². The molecule has 2 aromatic rings. The molecule has 23 heavy (non-hydrogen) atoms. The molecule has 0 aliphatic carbocycles. The Hall–Kier alpha value is -2.40. The van der Waals surface area contributed by atoms with Gasteiger partial charge in [-0.15, -0.1) is 0 Å². The lowest BCUT2D eigenvalue weighted by Gasteiger charge is -2.22. The average molecular weight is 314 g/mol. The van der Waals surface area contributed by atoms with E-state index in [0.29, 0.717) is 6.54 Å². The van der Waals surface area contributed by atoms with Gasteiger partial charge in [0, 0.05) is 19.8 Å². The fourth-order valence-corrected chi connectivity index (χ4v) is 2.29. The van der Waals surface area contributed by atoms with Crippen molar-refractivity contribution in [1.29, 1.82) is 0 Å². The van der Waals surface area contributed by atoms with Crippen molar-refractivity contribution in [3.05, 3.63) is 42.5 Å². The number of benzene rings is 2. The minimum Gasteiger partial charge on any atom is -0.344 e. The summed E-state index contributed by atoms with van der Waals surface area (Å²) in [6, 6.07) is 13.5. The molecule has 2 N–H and O–H groups in total. The summed E-state index contributed by atoms with van der Waals surface area (Å²) >= 11 is 0. The molecule has 0 aliphatic heterocycles. The van der Waals surface area contributed by atoms with Gasteiger partial charge in [0.1, 0.15) is 0 Å². The maximum atomic E-state index is 12.4. The van der Waals surface area contributed by atoms with Crippen LogP contribution in [0.15, 0.2) is 42.5 Å². The molecule has 2 aromatic carbocycles. The second-order valence-corrected chi connectivity index (χ2v) is 6.08. The van der Waals surface area contributed by atoms with Crippen LogP contribution >= 0.6 is 0 Å². The van der Waals surface area contributed by atoms with Gasteiger partial charge in [0.2, 0.25) is 0 Å². The number of hydrogen-bond acceptors (Lipinski definition) is 2. The molecule has 122 valence electrons. The Balaban J connectivity index is 2.03. The first-order valence-electron chi connectivity index (χ1n) is 7.70.